The molecule has 2 aromatic carbocycles. The summed E-state index contributed by atoms with van der Waals surface area (Å²) >= 11 is 12.6. The first-order valence-electron chi connectivity index (χ1n) is 13.6. The summed E-state index contributed by atoms with van der Waals surface area (Å²) in [6.07, 6.45) is -2.81. The Kier molecular flexibility index (Phi) is 10.1. The van der Waals surface area contributed by atoms with Crippen LogP contribution in [0.5, 0.6) is 0 Å². The number of amides is 2. The number of benzene rings is 2. The molecule has 0 aromatic heterocycles. The van der Waals surface area contributed by atoms with Crippen molar-refractivity contribution in [2.24, 2.45) is 0 Å². The molecule has 2 aromatic rings. The van der Waals surface area contributed by atoms with Gasteiger partial charge >= 0.3 is 6.09 Å². The molecular formula is C30H40Cl2N2O6S. The third-order valence-corrected chi connectivity index (χ3v) is 10.6. The van der Waals surface area contributed by atoms with Gasteiger partial charge in [-0.3, -0.25) is 4.79 Å². The Labute approximate surface area is 253 Å². The number of halogens is 2. The summed E-state index contributed by atoms with van der Waals surface area (Å²) in [5, 5.41) is 11.0. The smallest absolute Gasteiger partial charge is 0.407 e. The number of sulfone groups is 1. The second-order valence-electron chi connectivity index (χ2n) is 12.4. The van der Waals surface area contributed by atoms with Gasteiger partial charge in [-0.2, -0.15) is 0 Å². The Balaban J connectivity index is 2.25. The molecule has 1 unspecified atom stereocenters. The van der Waals surface area contributed by atoms with Crippen LogP contribution in [-0.4, -0.2) is 70.1 Å². The van der Waals surface area contributed by atoms with E-state index in [1.165, 1.54) is 0 Å². The second-order valence-corrected chi connectivity index (χ2v) is 16.0. The minimum absolute atomic E-state index is 0.235. The lowest BCUT2D eigenvalue weighted by molar-refractivity contribution is -0.181. The summed E-state index contributed by atoms with van der Waals surface area (Å²) < 4.78 is 32.3. The largest absolute Gasteiger partial charge is 0.465 e. The van der Waals surface area contributed by atoms with Gasteiger partial charge in [-0.1, -0.05) is 54.4 Å². The number of carbonyl (C=O) groups excluding carboxylic acids is 1. The van der Waals surface area contributed by atoms with Crippen LogP contribution in [-0.2, 0) is 19.4 Å². The fourth-order valence-corrected chi connectivity index (χ4v) is 6.66. The SMILES string of the molecule is CCC(CS(=O)(=O)C(C)(C)C)N1C(=O)[C@@H](CN(C(=O)O)C(C)(C)C)O[C@H](c2cccc(Cl)c2)[C@H]1c1ccc(Cl)cc1. The van der Waals surface area contributed by atoms with Crippen molar-refractivity contribution < 1.29 is 27.9 Å². The molecule has 0 bridgehead atoms. The zero-order valence-electron chi connectivity index (χ0n) is 24.6. The number of carbonyl (C=O) groups is 2. The molecular weight excluding hydrogens is 587 g/mol. The van der Waals surface area contributed by atoms with Crippen molar-refractivity contribution in [2.45, 2.75) is 89.5 Å². The molecule has 2 amide bonds. The summed E-state index contributed by atoms with van der Waals surface area (Å²) in [4.78, 5) is 29.4. The quantitative estimate of drug-likeness (QED) is 0.346. The fraction of sp³-hybridized carbons (Fsp3) is 0.533. The molecule has 226 valence electrons. The van der Waals surface area contributed by atoms with Gasteiger partial charge in [0.15, 0.2) is 15.9 Å². The Morgan fingerprint density at radius 3 is 2.12 bits per heavy atom. The first kappa shape index (κ1) is 33.2. The average Bonchev–Trinajstić information content (AvgIpc) is 2.85. The van der Waals surface area contributed by atoms with Crippen LogP contribution < -0.4 is 0 Å². The number of hydrogen-bond donors (Lipinski definition) is 1. The normalized spacial score (nSPS) is 21.0. The Hall–Kier alpha value is -2.33. The Morgan fingerprint density at radius 1 is 1.02 bits per heavy atom. The topological polar surface area (TPSA) is 104 Å². The van der Waals surface area contributed by atoms with Crippen molar-refractivity contribution in [1.82, 2.24) is 9.80 Å². The highest BCUT2D eigenvalue weighted by molar-refractivity contribution is 7.92. The maximum atomic E-state index is 14.4. The van der Waals surface area contributed by atoms with Crippen molar-refractivity contribution in [3.63, 3.8) is 0 Å². The second kappa shape index (κ2) is 12.5. The lowest BCUT2D eigenvalue weighted by atomic mass is 9.90. The van der Waals surface area contributed by atoms with Crippen LogP contribution in [0.4, 0.5) is 4.79 Å². The molecule has 4 atom stereocenters. The van der Waals surface area contributed by atoms with Crippen LogP contribution >= 0.6 is 23.2 Å². The summed E-state index contributed by atoms with van der Waals surface area (Å²) in [6, 6.07) is 12.6. The summed E-state index contributed by atoms with van der Waals surface area (Å²) in [6.45, 7) is 11.7. The van der Waals surface area contributed by atoms with Gasteiger partial charge in [0.2, 0.25) is 0 Å². The molecule has 1 saturated heterocycles. The van der Waals surface area contributed by atoms with E-state index in [0.29, 0.717) is 27.6 Å². The van der Waals surface area contributed by atoms with E-state index in [1.807, 2.05) is 13.0 Å². The number of hydrogen-bond acceptors (Lipinski definition) is 5. The minimum atomic E-state index is -3.64. The number of nitrogens with zero attached hydrogens (tertiary/aromatic N) is 2. The van der Waals surface area contributed by atoms with Gasteiger partial charge in [0.25, 0.3) is 5.91 Å². The maximum absolute atomic E-state index is 14.4. The zero-order valence-corrected chi connectivity index (χ0v) is 26.9. The highest BCUT2D eigenvalue weighted by atomic mass is 35.5. The monoisotopic (exact) mass is 626 g/mol. The average molecular weight is 628 g/mol. The molecule has 8 nitrogen and oxygen atoms in total. The van der Waals surface area contributed by atoms with E-state index in [4.69, 9.17) is 27.9 Å². The molecule has 11 heteroatoms. The minimum Gasteiger partial charge on any atom is -0.465 e. The molecule has 0 radical (unpaired) electrons. The van der Waals surface area contributed by atoms with Crippen LogP contribution in [0, 0.1) is 0 Å². The van der Waals surface area contributed by atoms with Gasteiger partial charge in [-0.15, -0.1) is 0 Å². The molecule has 41 heavy (non-hydrogen) atoms. The third kappa shape index (κ3) is 7.55. The molecule has 0 spiro atoms. The lowest BCUT2D eigenvalue weighted by Crippen LogP contribution is -2.60. The van der Waals surface area contributed by atoms with Crippen LogP contribution in [0.1, 0.15) is 78.2 Å². The highest BCUT2D eigenvalue weighted by Gasteiger charge is 2.49. The number of carboxylic acid groups (broad SMARTS) is 1. The zero-order chi connectivity index (χ0) is 30.9. The van der Waals surface area contributed by atoms with Crippen LogP contribution in [0.15, 0.2) is 48.5 Å². The standard InChI is InChI=1S/C30H40Cl2N2O6S/c1-8-23(18-41(38,39)30(5,6)7)34-25(19-12-14-21(31)15-13-19)26(20-10-9-11-22(32)16-20)40-24(27(34)35)17-33(28(36)37)29(2,3)4/h9-16,23-26H,8,17-18H2,1-7H3,(H,36,37)/t23?,24-,25-,26-/m1/s1. The molecule has 3 rings (SSSR count). The van der Waals surface area contributed by atoms with Crippen LogP contribution in [0.25, 0.3) is 0 Å². The van der Waals surface area contributed by atoms with Gasteiger partial charge < -0.3 is 19.6 Å². The summed E-state index contributed by atoms with van der Waals surface area (Å²) in [5.41, 5.74) is 0.549. The van der Waals surface area contributed by atoms with Gasteiger partial charge in [-0.05, 0) is 83.4 Å². The van der Waals surface area contributed by atoms with Crippen LogP contribution in [0.3, 0.4) is 0 Å². The Morgan fingerprint density at radius 2 is 1.63 bits per heavy atom. The fourth-order valence-electron chi connectivity index (χ4n) is 4.93. The molecule has 1 aliphatic rings. The molecule has 1 heterocycles. The number of rotatable bonds is 8. The van der Waals surface area contributed by atoms with E-state index in [1.54, 1.807) is 88.9 Å². The van der Waals surface area contributed by atoms with Gasteiger partial charge in [0, 0.05) is 21.6 Å². The van der Waals surface area contributed by atoms with Gasteiger partial charge in [0.05, 0.1) is 23.1 Å². The van der Waals surface area contributed by atoms with Crippen LogP contribution in [0.2, 0.25) is 10.0 Å². The van der Waals surface area contributed by atoms with E-state index in [-0.39, 0.29) is 12.3 Å². The number of ether oxygens (including phenoxy) is 1. The van der Waals surface area contributed by atoms with E-state index in [2.05, 4.69) is 0 Å². The first-order chi connectivity index (χ1) is 18.9. The maximum Gasteiger partial charge on any atom is 0.407 e. The van der Waals surface area contributed by atoms with E-state index < -0.39 is 56.4 Å². The van der Waals surface area contributed by atoms with Crippen molar-refractivity contribution >= 4 is 45.0 Å². The third-order valence-electron chi connectivity index (χ3n) is 7.41. The first-order valence-corrected chi connectivity index (χ1v) is 16.0. The van der Waals surface area contributed by atoms with E-state index in [0.717, 1.165) is 4.90 Å². The van der Waals surface area contributed by atoms with Gasteiger partial charge in [0.1, 0.15) is 6.10 Å². The van der Waals surface area contributed by atoms with E-state index >= 15 is 0 Å². The summed E-state index contributed by atoms with van der Waals surface area (Å²) in [7, 11) is -3.64. The Bertz CT molecular complexity index is 1350. The summed E-state index contributed by atoms with van der Waals surface area (Å²) in [5.74, 6) is -0.741. The number of morpholine rings is 1. The predicted molar refractivity (Wildman–Crippen MR) is 162 cm³/mol. The predicted octanol–water partition coefficient (Wildman–Crippen LogP) is 6.77. The van der Waals surface area contributed by atoms with Gasteiger partial charge in [-0.25, -0.2) is 13.2 Å². The van der Waals surface area contributed by atoms with Crippen molar-refractivity contribution in [1.29, 1.82) is 0 Å². The highest BCUT2D eigenvalue weighted by Crippen LogP contribution is 2.45. The lowest BCUT2D eigenvalue weighted by Gasteiger charge is -2.49. The molecule has 1 N–H and O–H groups in total. The molecule has 1 fully saturated rings. The van der Waals surface area contributed by atoms with Crippen molar-refractivity contribution in [3.8, 4) is 0 Å². The molecule has 0 aliphatic carbocycles. The molecule has 1 aliphatic heterocycles. The van der Waals surface area contributed by atoms with E-state index in [9.17, 15) is 23.1 Å². The van der Waals surface area contributed by atoms with Crippen molar-refractivity contribution in [2.75, 3.05) is 12.3 Å². The molecule has 0 saturated carbocycles. The van der Waals surface area contributed by atoms with Crippen molar-refractivity contribution in [3.05, 3.63) is 69.7 Å².